The Morgan fingerprint density at radius 2 is 1.80 bits per heavy atom. The molecule has 0 aliphatic heterocycles. The molecule has 0 heterocycles. The van der Waals surface area contributed by atoms with Crippen molar-refractivity contribution in [2.45, 2.75) is 13.3 Å². The van der Waals surface area contributed by atoms with E-state index in [1.807, 2.05) is 19.1 Å². The van der Waals surface area contributed by atoms with Gasteiger partial charge in [-0.3, -0.25) is 10.4 Å². The molecule has 2 radical (unpaired) electrons. The second-order valence-corrected chi connectivity index (χ2v) is 30.0. The van der Waals surface area contributed by atoms with E-state index in [9.17, 15) is 0 Å². The van der Waals surface area contributed by atoms with Crippen LogP contribution in [0.4, 0.5) is 0 Å². The van der Waals surface area contributed by atoms with Gasteiger partial charge in [-0.15, -0.1) is 0 Å². The predicted octanol–water partition coefficient (Wildman–Crippen LogP) is 1.85. The van der Waals surface area contributed by atoms with Crippen LogP contribution >= 0.6 is 35.5 Å². The van der Waals surface area contributed by atoms with Crippen LogP contribution in [0.2, 0.25) is 0 Å². The van der Waals surface area contributed by atoms with E-state index in [0.717, 1.165) is 6.54 Å². The van der Waals surface area contributed by atoms with Gasteiger partial charge in [-0.2, -0.15) is 0 Å². The van der Waals surface area contributed by atoms with Crippen LogP contribution in [0.1, 0.15) is 13.3 Å². The van der Waals surface area contributed by atoms with Gasteiger partial charge in [-0.25, -0.2) is 0 Å². The van der Waals surface area contributed by atoms with Crippen molar-refractivity contribution in [3.05, 3.63) is 0 Å². The molecule has 0 aliphatic rings. The summed E-state index contributed by atoms with van der Waals surface area (Å²) in [6.07, 6.45) is 1.19. The second kappa shape index (κ2) is 13.9. The van der Waals surface area contributed by atoms with Gasteiger partial charge in [0.25, 0.3) is 0 Å². The Morgan fingerprint density at radius 3 is 1.90 bits per heavy atom. The molecule has 0 saturated carbocycles. The van der Waals surface area contributed by atoms with Crippen LogP contribution in [-0.2, 0) is 0 Å². The molecule has 0 fully saturated rings. The van der Waals surface area contributed by atoms with Crippen molar-refractivity contribution in [3.63, 3.8) is 0 Å². The van der Waals surface area contributed by atoms with E-state index in [0.29, 0.717) is 0 Å². The van der Waals surface area contributed by atoms with Crippen molar-refractivity contribution < 1.29 is 0 Å². The molecular formula is C5H14I2N2Pb. The first-order valence-corrected chi connectivity index (χ1v) is 24.9. The molecule has 1 N–H and O–H groups in total. The average Bonchev–Trinajstić information content (AvgIpc) is 1.85. The first kappa shape index (κ1) is 14.8. The Balaban J connectivity index is 0. The number of hydrogen-bond acceptors (Lipinski definition) is 2. The van der Waals surface area contributed by atoms with Crippen molar-refractivity contribution in [2.75, 3.05) is 20.6 Å². The van der Waals surface area contributed by atoms with Crippen molar-refractivity contribution in [1.29, 1.82) is 0 Å². The molecule has 0 aromatic rings. The Hall–Kier alpha value is 2.30. The van der Waals surface area contributed by atoms with E-state index in [2.05, 4.69) is 47.9 Å². The van der Waals surface area contributed by atoms with E-state index in [-0.39, 0.29) is 15.6 Å². The maximum atomic E-state index is 3.13. The number of hydrogen-bond donors (Lipinski definition) is 1. The molecule has 0 unspecified atom stereocenters. The summed E-state index contributed by atoms with van der Waals surface area (Å²) in [7, 11) is 3.99. The molecule has 0 amide bonds. The van der Waals surface area contributed by atoms with Crippen LogP contribution in [0.5, 0.6) is 0 Å². The van der Waals surface area contributed by atoms with Gasteiger partial charge in [0.1, 0.15) is 0 Å². The van der Waals surface area contributed by atoms with Crippen molar-refractivity contribution in [3.8, 4) is 0 Å². The summed E-state index contributed by atoms with van der Waals surface area (Å²) in [5, 5.41) is 1.96. The first-order valence-electron chi connectivity index (χ1n) is 3.06. The number of nitrogens with one attached hydrogen (secondary N) is 1. The Kier molecular flexibility index (Phi) is 20.5. The number of nitrogens with zero attached hydrogens (tertiary/aromatic N) is 1. The Bertz CT molecular complexity index is 54.9. The molecule has 0 spiro atoms. The molecule has 0 rings (SSSR count). The number of rotatable bonds is 3. The molecule has 2 nitrogen and oxygen atoms in total. The van der Waals surface area contributed by atoms with Crippen LogP contribution in [0.25, 0.3) is 0 Å². The fourth-order valence-electron chi connectivity index (χ4n) is 0.335. The van der Waals surface area contributed by atoms with E-state index < -0.39 is 0 Å². The molecule has 0 aliphatic carbocycles. The third-order valence-electron chi connectivity index (χ3n) is 0.678. The van der Waals surface area contributed by atoms with Gasteiger partial charge in [0, 0.05) is 20.6 Å². The van der Waals surface area contributed by atoms with Crippen LogP contribution in [-0.4, -0.2) is 41.3 Å². The minimum atomic E-state index is 0.0233. The average molecular weight is 563 g/mol. The van der Waals surface area contributed by atoms with Gasteiger partial charge in [0.2, 0.25) is 0 Å². The zero-order valence-electron chi connectivity index (χ0n) is 6.62. The summed E-state index contributed by atoms with van der Waals surface area (Å²) in [6, 6.07) is 0. The molecular weight excluding hydrogens is 549 g/mol. The molecule has 0 atom stereocenters. The van der Waals surface area contributed by atoms with E-state index >= 15 is 0 Å². The third kappa shape index (κ3) is 22.4. The Labute approximate surface area is 94.0 Å². The van der Waals surface area contributed by atoms with Crippen LogP contribution in [0.15, 0.2) is 0 Å². The summed E-state index contributed by atoms with van der Waals surface area (Å²) in [4.78, 5) is 0. The van der Waals surface area contributed by atoms with Gasteiger partial charge in [-0.1, -0.05) is 6.92 Å². The molecule has 5 heteroatoms. The standard InChI is InChI=1S/C5H14N2.2HI.Pb/c1-4-5-6-7(2)3;;;/h6H,4-5H2,1-3H3;2*1H;/q;;;+2/p-2. The number of halogens is 2. The molecule has 62 valence electrons. The van der Waals surface area contributed by atoms with Gasteiger partial charge in [0.15, 0.2) is 0 Å². The Morgan fingerprint density at radius 1 is 1.40 bits per heavy atom. The van der Waals surface area contributed by atoms with E-state index in [4.69, 9.17) is 0 Å². The topological polar surface area (TPSA) is 15.3 Å². The zero-order chi connectivity index (χ0) is 8.41. The molecule has 0 bridgehead atoms. The summed E-state index contributed by atoms with van der Waals surface area (Å²) in [5.41, 5.74) is 3.13. The normalized spacial score (nSPS) is 9.00. The summed E-state index contributed by atoms with van der Waals surface area (Å²) < 4.78 is 0. The predicted molar refractivity (Wildman–Crippen MR) is 65.8 cm³/mol. The van der Waals surface area contributed by atoms with Gasteiger partial charge < -0.3 is 0 Å². The molecule has 0 saturated heterocycles. The van der Waals surface area contributed by atoms with Crippen molar-refractivity contribution >= 4 is 51.2 Å². The summed E-state index contributed by atoms with van der Waals surface area (Å²) in [6.45, 7) is 3.23. The van der Waals surface area contributed by atoms with Crippen molar-refractivity contribution in [1.82, 2.24) is 10.4 Å². The zero-order valence-corrected chi connectivity index (χ0v) is 14.8. The number of hydrazine groups is 1. The minimum absolute atomic E-state index is 0.0233. The van der Waals surface area contributed by atoms with Gasteiger partial charge in [0.05, 0.1) is 0 Å². The van der Waals surface area contributed by atoms with Crippen LogP contribution in [0, 0.1) is 0 Å². The fourth-order valence-corrected chi connectivity index (χ4v) is 0.335. The monoisotopic (exact) mass is 564 g/mol. The SMILES string of the molecule is CCCNN(C)C.[I][Pb][I]. The van der Waals surface area contributed by atoms with E-state index in [1.165, 1.54) is 6.42 Å². The first-order chi connectivity index (χ1) is 4.68. The van der Waals surface area contributed by atoms with Gasteiger partial charge >= 0.3 is 51.2 Å². The molecule has 0 aromatic carbocycles. The maximum absolute atomic E-state index is 3.13. The van der Waals surface area contributed by atoms with Crippen LogP contribution in [0.3, 0.4) is 0 Å². The fraction of sp³-hybridized carbons (Fsp3) is 1.00. The van der Waals surface area contributed by atoms with Crippen molar-refractivity contribution in [2.24, 2.45) is 0 Å². The van der Waals surface area contributed by atoms with Crippen LogP contribution < -0.4 is 5.43 Å². The van der Waals surface area contributed by atoms with Gasteiger partial charge in [-0.05, 0) is 6.42 Å². The quantitative estimate of drug-likeness (QED) is 0.321. The molecule has 0 aromatic heterocycles. The molecule has 10 heavy (non-hydrogen) atoms. The summed E-state index contributed by atoms with van der Waals surface area (Å²) >= 11 is 4.96. The second-order valence-electron chi connectivity index (χ2n) is 1.87. The summed E-state index contributed by atoms with van der Waals surface area (Å²) in [5.74, 6) is 0. The third-order valence-corrected chi connectivity index (χ3v) is 0.678. The van der Waals surface area contributed by atoms with E-state index in [1.54, 1.807) is 0 Å².